The van der Waals surface area contributed by atoms with Gasteiger partial charge in [0.15, 0.2) is 5.78 Å². The van der Waals surface area contributed by atoms with Crippen LogP contribution in [0.3, 0.4) is 0 Å². The highest BCUT2D eigenvalue weighted by Crippen LogP contribution is 2.47. The molecule has 80 valence electrons. The van der Waals surface area contributed by atoms with Crippen LogP contribution in [0.2, 0.25) is 0 Å². The second-order valence-electron chi connectivity index (χ2n) is 4.63. The molecular weight excluding hydrogens is 186 g/mol. The zero-order valence-corrected chi connectivity index (χ0v) is 9.34. The molecule has 2 nitrogen and oxygen atoms in total. The Labute approximate surface area is 90.5 Å². The molecule has 15 heavy (non-hydrogen) atoms. The summed E-state index contributed by atoms with van der Waals surface area (Å²) in [5.41, 5.74) is 8.51. The van der Waals surface area contributed by atoms with Gasteiger partial charge in [0.25, 0.3) is 0 Å². The molecule has 2 heteroatoms. The summed E-state index contributed by atoms with van der Waals surface area (Å²) in [6, 6.07) is 6.02. The third-order valence-electron chi connectivity index (χ3n) is 3.36. The van der Waals surface area contributed by atoms with Gasteiger partial charge in [0.1, 0.15) is 0 Å². The van der Waals surface area contributed by atoms with Crippen molar-refractivity contribution in [3.05, 3.63) is 34.9 Å². The molecule has 0 spiro atoms. The van der Waals surface area contributed by atoms with Crippen LogP contribution in [0.5, 0.6) is 0 Å². The Kier molecular flexibility index (Phi) is 2.39. The maximum Gasteiger partial charge on any atom is 0.170 e. The van der Waals surface area contributed by atoms with Crippen molar-refractivity contribution in [3.63, 3.8) is 0 Å². The molecule has 1 aromatic carbocycles. The maximum atomic E-state index is 12.3. The van der Waals surface area contributed by atoms with Crippen molar-refractivity contribution >= 4 is 5.78 Å². The van der Waals surface area contributed by atoms with Gasteiger partial charge >= 0.3 is 0 Å². The normalized spacial score (nSPS) is 17.5. The molecule has 0 radical (unpaired) electrons. The number of hydrogen-bond donors (Lipinski definition) is 1. The molecule has 2 rings (SSSR count). The zero-order chi connectivity index (χ0) is 11.1. The van der Waals surface area contributed by atoms with Crippen LogP contribution in [0.15, 0.2) is 18.2 Å². The second kappa shape index (κ2) is 3.46. The smallest absolute Gasteiger partial charge is 0.170 e. The van der Waals surface area contributed by atoms with E-state index in [0.717, 1.165) is 29.5 Å². The lowest BCUT2D eigenvalue weighted by atomic mass is 9.91. The van der Waals surface area contributed by atoms with E-state index in [-0.39, 0.29) is 11.2 Å². The van der Waals surface area contributed by atoms with E-state index in [1.54, 1.807) is 0 Å². The van der Waals surface area contributed by atoms with Gasteiger partial charge in [-0.05, 0) is 38.3 Å². The summed E-state index contributed by atoms with van der Waals surface area (Å²) in [7, 11) is 0. The molecule has 0 atom stereocenters. The fraction of sp³-hybridized carbons (Fsp3) is 0.462. The van der Waals surface area contributed by atoms with Gasteiger partial charge in [-0.25, -0.2) is 0 Å². The minimum Gasteiger partial charge on any atom is -0.329 e. The lowest BCUT2D eigenvalue weighted by Gasteiger charge is -2.13. The summed E-state index contributed by atoms with van der Waals surface area (Å²) in [6.07, 6.45) is 1.91. The first-order valence-corrected chi connectivity index (χ1v) is 5.41. The number of rotatable bonds is 3. The van der Waals surface area contributed by atoms with Crippen molar-refractivity contribution in [1.29, 1.82) is 0 Å². The number of carbonyl (C=O) groups is 1. The molecule has 0 saturated heterocycles. The zero-order valence-electron chi connectivity index (χ0n) is 9.34. The lowest BCUT2D eigenvalue weighted by Crippen LogP contribution is -2.26. The van der Waals surface area contributed by atoms with Gasteiger partial charge in [-0.1, -0.05) is 17.7 Å². The van der Waals surface area contributed by atoms with Crippen LogP contribution in [0.25, 0.3) is 0 Å². The van der Waals surface area contributed by atoms with Crippen LogP contribution in [-0.4, -0.2) is 12.3 Å². The van der Waals surface area contributed by atoms with Crippen molar-refractivity contribution in [1.82, 2.24) is 0 Å². The van der Waals surface area contributed by atoms with E-state index in [9.17, 15) is 4.79 Å². The molecular formula is C13H17NO. The van der Waals surface area contributed by atoms with Crippen molar-refractivity contribution in [2.45, 2.75) is 26.7 Å². The number of hydrogen-bond acceptors (Lipinski definition) is 2. The van der Waals surface area contributed by atoms with Gasteiger partial charge in [-0.15, -0.1) is 0 Å². The molecule has 0 bridgehead atoms. The molecule has 0 amide bonds. The van der Waals surface area contributed by atoms with Gasteiger partial charge in [-0.3, -0.25) is 4.79 Å². The summed E-state index contributed by atoms with van der Waals surface area (Å²) in [5, 5.41) is 0. The number of aryl methyl sites for hydroxylation is 2. The number of Topliss-reactive ketones (excluding diaryl/α,β-unsaturated/α-hetero) is 1. The van der Waals surface area contributed by atoms with E-state index in [2.05, 4.69) is 0 Å². The van der Waals surface area contributed by atoms with E-state index < -0.39 is 0 Å². The Balaban J connectivity index is 2.37. The average Bonchev–Trinajstić information content (AvgIpc) is 3.01. The third-order valence-corrected chi connectivity index (χ3v) is 3.36. The van der Waals surface area contributed by atoms with E-state index in [4.69, 9.17) is 5.73 Å². The van der Waals surface area contributed by atoms with Crippen LogP contribution >= 0.6 is 0 Å². The van der Waals surface area contributed by atoms with E-state index in [1.165, 1.54) is 0 Å². The topological polar surface area (TPSA) is 43.1 Å². The van der Waals surface area contributed by atoms with Crippen molar-refractivity contribution in [3.8, 4) is 0 Å². The largest absolute Gasteiger partial charge is 0.329 e. The fourth-order valence-corrected chi connectivity index (χ4v) is 1.94. The number of nitrogens with two attached hydrogens (primary N) is 1. The third kappa shape index (κ3) is 1.70. The molecule has 1 aliphatic rings. The lowest BCUT2D eigenvalue weighted by molar-refractivity contribution is 0.0905. The first-order valence-electron chi connectivity index (χ1n) is 5.41. The molecule has 1 saturated carbocycles. The molecule has 1 aliphatic carbocycles. The van der Waals surface area contributed by atoms with Crippen LogP contribution < -0.4 is 5.73 Å². The predicted octanol–water partition coefficient (Wildman–Crippen LogP) is 2.23. The molecule has 0 aromatic heterocycles. The predicted molar refractivity (Wildman–Crippen MR) is 61.0 cm³/mol. The highest BCUT2D eigenvalue weighted by Gasteiger charge is 2.48. The SMILES string of the molecule is Cc1ccc(C)c(C(=O)C2(CN)CC2)c1. The van der Waals surface area contributed by atoms with Gasteiger partial charge < -0.3 is 5.73 Å². The van der Waals surface area contributed by atoms with Crippen molar-refractivity contribution in [2.75, 3.05) is 6.54 Å². The summed E-state index contributed by atoms with van der Waals surface area (Å²) in [5.74, 6) is 0.242. The van der Waals surface area contributed by atoms with Crippen LogP contribution in [0.1, 0.15) is 34.3 Å². The van der Waals surface area contributed by atoms with Gasteiger partial charge in [-0.2, -0.15) is 0 Å². The highest BCUT2D eigenvalue weighted by molar-refractivity contribution is 6.03. The Hall–Kier alpha value is -1.15. The van der Waals surface area contributed by atoms with Gasteiger partial charge in [0.2, 0.25) is 0 Å². The van der Waals surface area contributed by atoms with E-state index >= 15 is 0 Å². The average molecular weight is 203 g/mol. The quantitative estimate of drug-likeness (QED) is 0.765. The Bertz CT molecular complexity index is 405. The summed E-state index contributed by atoms with van der Waals surface area (Å²) >= 11 is 0. The minimum atomic E-state index is -0.224. The monoisotopic (exact) mass is 203 g/mol. The van der Waals surface area contributed by atoms with Gasteiger partial charge in [0, 0.05) is 17.5 Å². The van der Waals surface area contributed by atoms with Crippen LogP contribution in [0, 0.1) is 19.3 Å². The van der Waals surface area contributed by atoms with Gasteiger partial charge in [0.05, 0.1) is 0 Å². The Morgan fingerprint density at radius 2 is 2.07 bits per heavy atom. The molecule has 0 heterocycles. The standard InChI is InChI=1S/C13H17NO/c1-9-3-4-10(2)11(7-9)12(15)13(8-14)5-6-13/h3-4,7H,5-6,8,14H2,1-2H3. The minimum absolute atomic E-state index is 0.224. The first kappa shape index (κ1) is 10.4. The van der Waals surface area contributed by atoms with E-state index in [1.807, 2.05) is 32.0 Å². The van der Waals surface area contributed by atoms with Crippen LogP contribution in [0.4, 0.5) is 0 Å². The maximum absolute atomic E-state index is 12.3. The highest BCUT2D eigenvalue weighted by atomic mass is 16.1. The van der Waals surface area contributed by atoms with E-state index in [0.29, 0.717) is 6.54 Å². The molecule has 2 N–H and O–H groups in total. The molecule has 0 aliphatic heterocycles. The fourth-order valence-electron chi connectivity index (χ4n) is 1.94. The van der Waals surface area contributed by atoms with Crippen molar-refractivity contribution in [2.24, 2.45) is 11.1 Å². The molecule has 1 aromatic rings. The molecule has 1 fully saturated rings. The Morgan fingerprint density at radius 1 is 1.40 bits per heavy atom. The number of carbonyl (C=O) groups excluding carboxylic acids is 1. The molecule has 0 unspecified atom stereocenters. The second-order valence-corrected chi connectivity index (χ2v) is 4.63. The van der Waals surface area contributed by atoms with Crippen molar-refractivity contribution < 1.29 is 4.79 Å². The summed E-state index contributed by atoms with van der Waals surface area (Å²) < 4.78 is 0. The van der Waals surface area contributed by atoms with Crippen LogP contribution in [-0.2, 0) is 0 Å². The number of benzene rings is 1. The first-order chi connectivity index (χ1) is 7.09. The number of ketones is 1. The summed E-state index contributed by atoms with van der Waals surface area (Å²) in [6.45, 7) is 4.48. The summed E-state index contributed by atoms with van der Waals surface area (Å²) in [4.78, 5) is 12.3. The Morgan fingerprint density at radius 3 is 2.60 bits per heavy atom.